The normalized spacial score (nSPS) is 14.1. The minimum absolute atomic E-state index is 0.0494. The fourth-order valence-electron chi connectivity index (χ4n) is 2.49. The van der Waals surface area contributed by atoms with Crippen LogP contribution in [0.2, 0.25) is 0 Å². The van der Waals surface area contributed by atoms with Gasteiger partial charge in [0.15, 0.2) is 5.78 Å². The van der Waals surface area contributed by atoms with Gasteiger partial charge in [0.1, 0.15) is 0 Å². The van der Waals surface area contributed by atoms with Crippen LogP contribution < -0.4 is 4.72 Å². The van der Waals surface area contributed by atoms with Crippen LogP contribution in [-0.4, -0.2) is 20.0 Å². The van der Waals surface area contributed by atoms with E-state index in [1.54, 1.807) is 48.2 Å². The highest BCUT2D eigenvalue weighted by molar-refractivity contribution is 7.99. The SMILES string of the molecule is CC(=O)c1ccc(NS(=O)(=O)c2ccc3c(c2)CCCS3)cc1. The van der Waals surface area contributed by atoms with Crippen LogP contribution in [0.25, 0.3) is 0 Å². The molecule has 0 aliphatic carbocycles. The Labute approximate surface area is 140 Å². The highest BCUT2D eigenvalue weighted by Crippen LogP contribution is 2.31. The standard InChI is InChI=1S/C17H17NO3S2/c1-12(19)13-4-6-15(7-5-13)18-23(20,21)16-8-9-17-14(11-16)3-2-10-22-17/h4-9,11,18H,2-3,10H2,1H3. The van der Waals surface area contributed by atoms with E-state index in [0.717, 1.165) is 24.2 Å². The molecule has 2 aromatic carbocycles. The Kier molecular flexibility index (Phi) is 4.46. The maximum atomic E-state index is 12.5. The molecule has 0 saturated carbocycles. The first-order valence-corrected chi connectivity index (χ1v) is 9.82. The predicted octanol–water partition coefficient (Wildman–Crippen LogP) is 3.73. The molecule has 3 rings (SSSR count). The zero-order valence-corrected chi connectivity index (χ0v) is 14.3. The smallest absolute Gasteiger partial charge is 0.261 e. The summed E-state index contributed by atoms with van der Waals surface area (Å²) in [6, 6.07) is 11.7. The summed E-state index contributed by atoms with van der Waals surface area (Å²) in [7, 11) is -3.62. The van der Waals surface area contributed by atoms with Crippen molar-refractivity contribution in [2.24, 2.45) is 0 Å². The summed E-state index contributed by atoms with van der Waals surface area (Å²) >= 11 is 1.77. The van der Waals surface area contributed by atoms with Crippen LogP contribution in [0.5, 0.6) is 0 Å². The number of sulfonamides is 1. The van der Waals surface area contributed by atoms with E-state index in [1.807, 2.05) is 6.07 Å². The van der Waals surface area contributed by atoms with Crippen LogP contribution in [0.15, 0.2) is 52.3 Å². The van der Waals surface area contributed by atoms with Gasteiger partial charge in [-0.2, -0.15) is 0 Å². The number of hydrogen-bond donors (Lipinski definition) is 1. The van der Waals surface area contributed by atoms with Gasteiger partial charge in [0, 0.05) is 16.1 Å². The summed E-state index contributed by atoms with van der Waals surface area (Å²) in [6.45, 7) is 1.48. The van der Waals surface area contributed by atoms with Crippen molar-refractivity contribution >= 4 is 33.3 Å². The molecule has 0 fully saturated rings. The topological polar surface area (TPSA) is 63.2 Å². The molecule has 0 unspecified atom stereocenters. The van der Waals surface area contributed by atoms with Crippen molar-refractivity contribution in [1.29, 1.82) is 0 Å². The number of carbonyl (C=O) groups excluding carboxylic acids is 1. The van der Waals surface area contributed by atoms with Crippen LogP contribution in [0, 0.1) is 0 Å². The van der Waals surface area contributed by atoms with Crippen LogP contribution in [0.1, 0.15) is 29.3 Å². The molecular weight excluding hydrogens is 330 g/mol. The molecule has 0 amide bonds. The molecule has 0 bridgehead atoms. The van der Waals surface area contributed by atoms with E-state index in [2.05, 4.69) is 4.72 Å². The number of benzene rings is 2. The second kappa shape index (κ2) is 6.37. The number of rotatable bonds is 4. The molecule has 1 aliphatic rings. The van der Waals surface area contributed by atoms with E-state index in [9.17, 15) is 13.2 Å². The third kappa shape index (κ3) is 3.59. The van der Waals surface area contributed by atoms with E-state index in [-0.39, 0.29) is 10.7 Å². The number of hydrogen-bond acceptors (Lipinski definition) is 4. The molecule has 4 nitrogen and oxygen atoms in total. The van der Waals surface area contributed by atoms with Gasteiger partial charge in [-0.05, 0) is 73.5 Å². The Morgan fingerprint density at radius 1 is 1.13 bits per heavy atom. The van der Waals surface area contributed by atoms with E-state index in [0.29, 0.717) is 11.3 Å². The summed E-state index contributed by atoms with van der Waals surface area (Å²) in [4.78, 5) is 12.7. The molecule has 23 heavy (non-hydrogen) atoms. The van der Waals surface area contributed by atoms with Crippen molar-refractivity contribution in [3.8, 4) is 0 Å². The lowest BCUT2D eigenvalue weighted by Crippen LogP contribution is -2.14. The van der Waals surface area contributed by atoms with Crippen LogP contribution in [0.3, 0.4) is 0 Å². The molecule has 0 atom stereocenters. The second-order valence-corrected chi connectivity index (χ2v) is 8.28. The lowest BCUT2D eigenvalue weighted by atomic mass is 10.1. The molecule has 0 aromatic heterocycles. The molecule has 2 aromatic rings. The van der Waals surface area contributed by atoms with Gasteiger partial charge in [-0.1, -0.05) is 0 Å². The monoisotopic (exact) mass is 347 g/mol. The largest absolute Gasteiger partial charge is 0.295 e. The van der Waals surface area contributed by atoms with Crippen molar-refractivity contribution in [3.63, 3.8) is 0 Å². The first-order valence-electron chi connectivity index (χ1n) is 7.35. The Hall–Kier alpha value is -1.79. The minimum atomic E-state index is -3.62. The Morgan fingerprint density at radius 3 is 2.57 bits per heavy atom. The molecule has 0 spiro atoms. The number of aryl methyl sites for hydroxylation is 1. The van der Waals surface area contributed by atoms with Crippen molar-refractivity contribution in [2.75, 3.05) is 10.5 Å². The number of fused-ring (bicyclic) bond motifs is 1. The highest BCUT2D eigenvalue weighted by atomic mass is 32.2. The first-order chi connectivity index (χ1) is 11.0. The minimum Gasteiger partial charge on any atom is -0.295 e. The summed E-state index contributed by atoms with van der Waals surface area (Å²) in [6.07, 6.45) is 1.99. The number of nitrogens with one attached hydrogen (secondary N) is 1. The number of ketones is 1. The molecule has 0 radical (unpaired) electrons. The molecule has 1 heterocycles. The van der Waals surface area contributed by atoms with Gasteiger partial charge in [0.2, 0.25) is 0 Å². The number of thioether (sulfide) groups is 1. The average Bonchev–Trinajstić information content (AvgIpc) is 2.54. The summed E-state index contributed by atoms with van der Waals surface area (Å²) in [5, 5.41) is 0. The van der Waals surface area contributed by atoms with Crippen LogP contribution in [0.4, 0.5) is 5.69 Å². The molecule has 1 N–H and O–H groups in total. The Bertz CT molecular complexity index is 843. The highest BCUT2D eigenvalue weighted by Gasteiger charge is 2.18. The van der Waals surface area contributed by atoms with Crippen molar-refractivity contribution in [1.82, 2.24) is 0 Å². The summed E-state index contributed by atoms with van der Waals surface area (Å²) < 4.78 is 27.6. The van der Waals surface area contributed by atoms with Gasteiger partial charge in [0.25, 0.3) is 10.0 Å². The lowest BCUT2D eigenvalue weighted by molar-refractivity contribution is 0.101. The molecular formula is C17H17NO3S2. The van der Waals surface area contributed by atoms with Crippen LogP contribution >= 0.6 is 11.8 Å². The quantitative estimate of drug-likeness (QED) is 0.856. The van der Waals surface area contributed by atoms with Crippen molar-refractivity contribution < 1.29 is 13.2 Å². The van der Waals surface area contributed by atoms with E-state index in [1.165, 1.54) is 11.8 Å². The van der Waals surface area contributed by atoms with E-state index < -0.39 is 10.0 Å². The molecule has 1 aliphatic heterocycles. The first kappa shape index (κ1) is 16.1. The van der Waals surface area contributed by atoms with E-state index in [4.69, 9.17) is 0 Å². The number of anilines is 1. The van der Waals surface area contributed by atoms with Gasteiger partial charge >= 0.3 is 0 Å². The molecule has 0 saturated heterocycles. The predicted molar refractivity (Wildman–Crippen MR) is 92.7 cm³/mol. The van der Waals surface area contributed by atoms with Gasteiger partial charge in [-0.15, -0.1) is 11.8 Å². The second-order valence-electron chi connectivity index (χ2n) is 5.46. The van der Waals surface area contributed by atoms with Crippen molar-refractivity contribution in [2.45, 2.75) is 29.6 Å². The van der Waals surface area contributed by atoms with Crippen molar-refractivity contribution in [3.05, 3.63) is 53.6 Å². The van der Waals surface area contributed by atoms with Gasteiger partial charge < -0.3 is 0 Å². The average molecular weight is 347 g/mol. The molecule has 120 valence electrons. The third-order valence-corrected chi connectivity index (χ3v) is 6.31. The molecule has 6 heteroatoms. The van der Waals surface area contributed by atoms with Gasteiger partial charge in [-0.3, -0.25) is 9.52 Å². The zero-order chi connectivity index (χ0) is 16.4. The Balaban J connectivity index is 1.85. The number of carbonyl (C=O) groups is 1. The van der Waals surface area contributed by atoms with Gasteiger partial charge in [0.05, 0.1) is 4.90 Å². The Morgan fingerprint density at radius 2 is 1.87 bits per heavy atom. The van der Waals surface area contributed by atoms with Crippen LogP contribution in [-0.2, 0) is 16.4 Å². The zero-order valence-electron chi connectivity index (χ0n) is 12.7. The van der Waals surface area contributed by atoms with Gasteiger partial charge in [-0.25, -0.2) is 8.42 Å². The number of Topliss-reactive ketones (excluding diaryl/α,β-unsaturated/α-hetero) is 1. The maximum absolute atomic E-state index is 12.5. The summed E-state index contributed by atoms with van der Waals surface area (Å²) in [5.74, 6) is 1.03. The fraction of sp³-hybridized carbons (Fsp3) is 0.235. The fourth-order valence-corrected chi connectivity index (χ4v) is 4.62. The lowest BCUT2D eigenvalue weighted by Gasteiger charge is -2.16. The third-order valence-electron chi connectivity index (χ3n) is 3.73. The van der Waals surface area contributed by atoms with E-state index >= 15 is 0 Å². The maximum Gasteiger partial charge on any atom is 0.261 e. The summed E-state index contributed by atoms with van der Waals surface area (Å²) in [5.41, 5.74) is 2.09.